The fourth-order valence-corrected chi connectivity index (χ4v) is 0.512. The molecule has 0 aliphatic rings. The van der Waals surface area contributed by atoms with Crippen molar-refractivity contribution in [2.24, 2.45) is 5.10 Å². The number of nitrogens with zero attached hydrogens (tertiary/aromatic N) is 2. The molecule has 0 aromatic heterocycles. The molecule has 0 aliphatic carbocycles. The Bertz CT molecular complexity index is 149. The molecule has 0 radical (unpaired) electrons. The molecule has 0 fully saturated rings. The highest BCUT2D eigenvalue weighted by atomic mass is 16.1. The van der Waals surface area contributed by atoms with Gasteiger partial charge in [0.15, 0.2) is 0 Å². The summed E-state index contributed by atoms with van der Waals surface area (Å²) in [5.74, 6) is 0. The summed E-state index contributed by atoms with van der Waals surface area (Å²) in [6.07, 6.45) is 4.76. The first kappa shape index (κ1) is 8.66. The van der Waals surface area contributed by atoms with Crippen LogP contribution in [0.2, 0.25) is 0 Å². The van der Waals surface area contributed by atoms with Gasteiger partial charge in [-0.15, -0.1) is 13.2 Å². The summed E-state index contributed by atoms with van der Waals surface area (Å²) in [5.41, 5.74) is 0. The number of rotatable bonds is 5. The number of hydrogen-bond donors (Lipinski definition) is 0. The van der Waals surface area contributed by atoms with E-state index in [0.717, 1.165) is 0 Å². The third-order valence-electron chi connectivity index (χ3n) is 0.862. The highest BCUT2D eigenvalue weighted by Crippen LogP contribution is 1.87. The Kier molecular flexibility index (Phi) is 5.01. The van der Waals surface area contributed by atoms with Gasteiger partial charge < -0.3 is 0 Å². The normalized spacial score (nSPS) is 7.60. The van der Waals surface area contributed by atoms with E-state index < -0.39 is 0 Å². The van der Waals surface area contributed by atoms with Crippen molar-refractivity contribution in [3.63, 3.8) is 0 Å². The second-order valence-corrected chi connectivity index (χ2v) is 1.64. The summed E-state index contributed by atoms with van der Waals surface area (Å²) in [6.45, 7) is 8.08. The first-order valence-corrected chi connectivity index (χ1v) is 2.89. The average Bonchev–Trinajstić information content (AvgIpc) is 1.90. The zero-order chi connectivity index (χ0) is 7.82. The lowest BCUT2D eigenvalue weighted by Gasteiger charge is -2.10. The number of carbonyl (C=O) groups excluding carboxylic acids is 1. The van der Waals surface area contributed by atoms with Crippen molar-refractivity contribution in [2.45, 2.75) is 0 Å². The largest absolute Gasteiger partial charge is 0.278 e. The number of isocyanates is 1. The van der Waals surface area contributed by atoms with Crippen molar-refractivity contribution < 1.29 is 4.79 Å². The van der Waals surface area contributed by atoms with E-state index >= 15 is 0 Å². The molecule has 0 bridgehead atoms. The summed E-state index contributed by atoms with van der Waals surface area (Å²) < 4.78 is 0. The Morgan fingerprint density at radius 1 is 1.40 bits per heavy atom. The minimum absolute atomic E-state index is 0.543. The van der Waals surface area contributed by atoms with E-state index in [1.165, 1.54) is 11.1 Å². The van der Waals surface area contributed by atoms with E-state index in [1.807, 2.05) is 0 Å². The fourth-order valence-electron chi connectivity index (χ4n) is 0.512. The summed E-state index contributed by atoms with van der Waals surface area (Å²) >= 11 is 0. The van der Waals surface area contributed by atoms with Crippen molar-refractivity contribution in [1.29, 1.82) is 0 Å². The van der Waals surface area contributed by atoms with Gasteiger partial charge in [0.25, 0.3) is 6.08 Å². The molecule has 0 saturated heterocycles. The molecule has 0 heterocycles. The smallest absolute Gasteiger partial charge is 0.258 e. The molecule has 0 unspecified atom stereocenters. The molecule has 0 amide bonds. The van der Waals surface area contributed by atoms with Crippen LogP contribution in [-0.2, 0) is 4.79 Å². The van der Waals surface area contributed by atoms with E-state index in [2.05, 4.69) is 18.3 Å². The lowest BCUT2D eigenvalue weighted by atomic mass is 10.5. The van der Waals surface area contributed by atoms with E-state index in [4.69, 9.17) is 0 Å². The number of hydrazone groups is 1. The molecule has 0 spiro atoms. The van der Waals surface area contributed by atoms with E-state index in [0.29, 0.717) is 13.1 Å². The van der Waals surface area contributed by atoms with Gasteiger partial charge in [-0.05, 0) is 0 Å². The Morgan fingerprint density at radius 2 is 1.90 bits per heavy atom. The van der Waals surface area contributed by atoms with E-state index in [9.17, 15) is 4.79 Å². The highest BCUT2D eigenvalue weighted by Gasteiger charge is 1.91. The number of hydrogen-bond acceptors (Lipinski definition) is 3. The fraction of sp³-hybridized carbons (Fsp3) is 0.286. The molecular formula is C7H10N2O. The van der Waals surface area contributed by atoms with Crippen LogP contribution < -0.4 is 0 Å². The van der Waals surface area contributed by atoms with Crippen LogP contribution in [0.3, 0.4) is 0 Å². The van der Waals surface area contributed by atoms with Gasteiger partial charge in [0.2, 0.25) is 0 Å². The lowest BCUT2D eigenvalue weighted by molar-refractivity contribution is 0.352. The van der Waals surface area contributed by atoms with E-state index in [-0.39, 0.29) is 0 Å². The summed E-state index contributed by atoms with van der Waals surface area (Å²) in [4.78, 5) is 9.76. The second-order valence-electron chi connectivity index (χ2n) is 1.64. The van der Waals surface area contributed by atoms with Gasteiger partial charge in [0, 0.05) is 0 Å². The quantitative estimate of drug-likeness (QED) is 0.245. The maximum Gasteiger partial charge on any atom is 0.258 e. The first-order valence-electron chi connectivity index (χ1n) is 2.89. The summed E-state index contributed by atoms with van der Waals surface area (Å²) in [7, 11) is 0. The molecule has 0 saturated carbocycles. The Labute approximate surface area is 60.3 Å². The lowest BCUT2D eigenvalue weighted by Crippen LogP contribution is -2.16. The third-order valence-corrected chi connectivity index (χ3v) is 0.862. The predicted molar refractivity (Wildman–Crippen MR) is 40.1 cm³/mol. The van der Waals surface area contributed by atoms with Gasteiger partial charge in [-0.3, -0.25) is 5.01 Å². The molecule has 0 aliphatic heterocycles. The molecule has 0 aromatic carbocycles. The molecule has 10 heavy (non-hydrogen) atoms. The second kappa shape index (κ2) is 5.79. The van der Waals surface area contributed by atoms with Gasteiger partial charge in [0.05, 0.1) is 13.1 Å². The minimum atomic E-state index is 0.543. The zero-order valence-corrected chi connectivity index (χ0v) is 5.79. The van der Waals surface area contributed by atoms with Crippen molar-refractivity contribution in [3.05, 3.63) is 25.3 Å². The highest BCUT2D eigenvalue weighted by molar-refractivity contribution is 5.32. The van der Waals surface area contributed by atoms with Crippen LogP contribution in [-0.4, -0.2) is 24.2 Å². The van der Waals surface area contributed by atoms with Gasteiger partial charge in [-0.1, -0.05) is 17.3 Å². The van der Waals surface area contributed by atoms with E-state index in [1.54, 1.807) is 12.2 Å². The summed E-state index contributed by atoms with van der Waals surface area (Å²) in [6, 6.07) is 0. The standard InChI is InChI=1S/C7H10N2O/c1-3-5-9(6-4-2)8-7-10/h3-4H,1-2,5-6H2. The van der Waals surface area contributed by atoms with Crippen LogP contribution in [0.25, 0.3) is 0 Å². The van der Waals surface area contributed by atoms with Crippen LogP contribution in [0.4, 0.5) is 0 Å². The molecule has 0 N–H and O–H groups in total. The van der Waals surface area contributed by atoms with Crippen molar-refractivity contribution in [2.75, 3.05) is 13.1 Å². The minimum Gasteiger partial charge on any atom is -0.278 e. The third kappa shape index (κ3) is 3.64. The molecule has 54 valence electrons. The van der Waals surface area contributed by atoms with Crippen molar-refractivity contribution >= 4 is 6.08 Å². The predicted octanol–water partition coefficient (Wildman–Crippen LogP) is 0.911. The molecule has 3 heteroatoms. The van der Waals surface area contributed by atoms with Crippen LogP contribution in [0, 0.1) is 0 Å². The molecule has 0 atom stereocenters. The first-order chi connectivity index (χ1) is 4.85. The maximum atomic E-state index is 9.76. The van der Waals surface area contributed by atoms with Gasteiger partial charge in [-0.2, -0.15) is 0 Å². The Balaban J connectivity index is 3.81. The van der Waals surface area contributed by atoms with Crippen LogP contribution in [0.1, 0.15) is 0 Å². The van der Waals surface area contributed by atoms with Crippen molar-refractivity contribution in [1.82, 2.24) is 5.01 Å². The average molecular weight is 138 g/mol. The van der Waals surface area contributed by atoms with Gasteiger partial charge in [0.1, 0.15) is 0 Å². The maximum absolute atomic E-state index is 9.76. The summed E-state index contributed by atoms with van der Waals surface area (Å²) in [5, 5.41) is 4.90. The molecule has 0 aromatic rings. The van der Waals surface area contributed by atoms with Crippen LogP contribution in [0.5, 0.6) is 0 Å². The molecular weight excluding hydrogens is 128 g/mol. The van der Waals surface area contributed by atoms with Gasteiger partial charge in [-0.25, -0.2) is 4.79 Å². The van der Waals surface area contributed by atoms with Crippen molar-refractivity contribution in [3.8, 4) is 0 Å². The molecule has 3 nitrogen and oxygen atoms in total. The zero-order valence-electron chi connectivity index (χ0n) is 5.79. The Hall–Kier alpha value is -1.34. The SMILES string of the molecule is C=CCN(CC=C)N=C=O. The molecule has 0 rings (SSSR count). The van der Waals surface area contributed by atoms with Gasteiger partial charge >= 0.3 is 0 Å². The van der Waals surface area contributed by atoms with Crippen LogP contribution >= 0.6 is 0 Å². The monoisotopic (exact) mass is 138 g/mol. The topological polar surface area (TPSA) is 32.7 Å². The van der Waals surface area contributed by atoms with Crippen LogP contribution in [0.15, 0.2) is 30.4 Å². The Morgan fingerprint density at radius 3 is 2.20 bits per heavy atom.